The van der Waals surface area contributed by atoms with Crippen molar-refractivity contribution in [2.75, 3.05) is 6.54 Å². The van der Waals surface area contributed by atoms with Crippen LogP contribution in [0.3, 0.4) is 0 Å². The Morgan fingerprint density at radius 1 is 1.15 bits per heavy atom. The molecule has 108 valence electrons. The maximum atomic E-state index is 13.6. The maximum Gasteiger partial charge on any atom is 0.153 e. The smallest absolute Gasteiger partial charge is 0.153 e. The fraction of sp³-hybridized carbons (Fsp3) is 0.429. The van der Waals surface area contributed by atoms with Crippen LogP contribution in [0.1, 0.15) is 25.8 Å². The van der Waals surface area contributed by atoms with Crippen LogP contribution in [-0.4, -0.2) is 22.3 Å². The third-order valence-electron chi connectivity index (χ3n) is 2.64. The van der Waals surface area contributed by atoms with E-state index < -0.39 is 11.6 Å². The van der Waals surface area contributed by atoms with Gasteiger partial charge in [-0.15, -0.1) is 10.2 Å². The molecule has 1 N–H and O–H groups in total. The molecule has 0 aliphatic rings. The van der Waals surface area contributed by atoms with Crippen molar-refractivity contribution in [2.45, 2.75) is 32.7 Å². The van der Waals surface area contributed by atoms with Gasteiger partial charge in [-0.1, -0.05) is 17.4 Å². The number of hydrogen-bond acceptors (Lipinski definition) is 4. The second-order valence-electron chi connectivity index (χ2n) is 5.52. The van der Waals surface area contributed by atoms with Crippen LogP contribution in [0.15, 0.2) is 18.2 Å². The van der Waals surface area contributed by atoms with Crippen molar-refractivity contribution in [1.82, 2.24) is 15.5 Å². The molecule has 0 aliphatic heterocycles. The van der Waals surface area contributed by atoms with Gasteiger partial charge < -0.3 is 5.32 Å². The Kier molecular flexibility index (Phi) is 4.45. The SMILES string of the molecule is CC(C)(C)NCCc1nnc(-c2c(F)cccc2F)s1. The quantitative estimate of drug-likeness (QED) is 0.939. The molecule has 0 spiro atoms. The molecule has 0 amide bonds. The van der Waals surface area contributed by atoms with E-state index in [4.69, 9.17) is 0 Å². The first-order chi connectivity index (χ1) is 9.37. The molecule has 2 rings (SSSR count). The number of halogens is 2. The van der Waals surface area contributed by atoms with E-state index in [1.807, 2.05) is 0 Å². The summed E-state index contributed by atoms with van der Waals surface area (Å²) in [6.45, 7) is 6.98. The highest BCUT2D eigenvalue weighted by atomic mass is 32.1. The first-order valence-electron chi connectivity index (χ1n) is 6.38. The molecule has 1 aromatic carbocycles. The normalized spacial score (nSPS) is 11.8. The Hall–Kier alpha value is -1.40. The third-order valence-corrected chi connectivity index (χ3v) is 3.64. The largest absolute Gasteiger partial charge is 0.312 e. The number of nitrogens with zero attached hydrogens (tertiary/aromatic N) is 2. The molecule has 0 bridgehead atoms. The van der Waals surface area contributed by atoms with Gasteiger partial charge >= 0.3 is 0 Å². The number of nitrogens with one attached hydrogen (secondary N) is 1. The van der Waals surface area contributed by atoms with E-state index in [2.05, 4.69) is 36.3 Å². The molecule has 0 atom stereocenters. The van der Waals surface area contributed by atoms with E-state index in [1.165, 1.54) is 29.5 Å². The fourth-order valence-electron chi connectivity index (χ4n) is 1.70. The number of aromatic nitrogens is 2. The molecule has 0 aliphatic carbocycles. The zero-order chi connectivity index (χ0) is 14.8. The van der Waals surface area contributed by atoms with E-state index in [-0.39, 0.29) is 16.1 Å². The van der Waals surface area contributed by atoms with Gasteiger partial charge in [0, 0.05) is 18.5 Å². The van der Waals surface area contributed by atoms with Crippen LogP contribution in [0, 0.1) is 11.6 Å². The van der Waals surface area contributed by atoms with E-state index in [0.29, 0.717) is 6.42 Å². The molecular weight excluding hydrogens is 280 g/mol. The average Bonchev–Trinajstić information content (AvgIpc) is 2.75. The molecule has 0 saturated heterocycles. The van der Waals surface area contributed by atoms with Crippen molar-refractivity contribution in [2.24, 2.45) is 0 Å². The Morgan fingerprint density at radius 2 is 1.80 bits per heavy atom. The van der Waals surface area contributed by atoms with Crippen LogP contribution < -0.4 is 5.32 Å². The van der Waals surface area contributed by atoms with Crippen molar-refractivity contribution in [1.29, 1.82) is 0 Å². The Morgan fingerprint density at radius 3 is 2.40 bits per heavy atom. The summed E-state index contributed by atoms with van der Waals surface area (Å²) in [6, 6.07) is 3.78. The van der Waals surface area contributed by atoms with E-state index in [1.54, 1.807) is 0 Å². The molecule has 20 heavy (non-hydrogen) atoms. The number of hydrogen-bond donors (Lipinski definition) is 1. The van der Waals surface area contributed by atoms with Gasteiger partial charge in [-0.3, -0.25) is 0 Å². The summed E-state index contributed by atoms with van der Waals surface area (Å²) in [7, 11) is 0. The molecular formula is C14H17F2N3S. The zero-order valence-electron chi connectivity index (χ0n) is 11.7. The van der Waals surface area contributed by atoms with Crippen LogP contribution in [0.4, 0.5) is 8.78 Å². The fourth-order valence-corrected chi connectivity index (χ4v) is 2.59. The second kappa shape index (κ2) is 5.93. The molecule has 0 saturated carbocycles. The van der Waals surface area contributed by atoms with E-state index in [9.17, 15) is 8.78 Å². The third kappa shape index (κ3) is 3.80. The van der Waals surface area contributed by atoms with Crippen molar-refractivity contribution in [3.05, 3.63) is 34.8 Å². The molecule has 0 unspecified atom stereocenters. The van der Waals surface area contributed by atoms with Gasteiger partial charge in [0.15, 0.2) is 5.01 Å². The minimum atomic E-state index is -0.611. The molecule has 6 heteroatoms. The van der Waals surface area contributed by atoms with E-state index in [0.717, 1.165) is 11.6 Å². The molecule has 2 aromatic rings. The van der Waals surface area contributed by atoms with Crippen LogP contribution in [0.25, 0.3) is 10.6 Å². The van der Waals surface area contributed by atoms with Gasteiger partial charge in [0.1, 0.15) is 16.6 Å². The predicted octanol–water partition coefficient (Wildman–Crippen LogP) is 3.41. The lowest BCUT2D eigenvalue weighted by Crippen LogP contribution is -2.37. The highest BCUT2D eigenvalue weighted by Crippen LogP contribution is 2.28. The van der Waals surface area contributed by atoms with Gasteiger partial charge in [-0.05, 0) is 32.9 Å². The Balaban J connectivity index is 2.09. The lowest BCUT2D eigenvalue weighted by atomic mass is 10.1. The van der Waals surface area contributed by atoms with Gasteiger partial charge in [0.2, 0.25) is 0 Å². The summed E-state index contributed by atoms with van der Waals surface area (Å²) < 4.78 is 27.3. The van der Waals surface area contributed by atoms with Gasteiger partial charge in [-0.2, -0.15) is 0 Å². The number of benzene rings is 1. The summed E-state index contributed by atoms with van der Waals surface area (Å²) in [6.07, 6.45) is 0.686. The minimum Gasteiger partial charge on any atom is -0.312 e. The lowest BCUT2D eigenvalue weighted by Gasteiger charge is -2.19. The number of rotatable bonds is 4. The summed E-state index contributed by atoms with van der Waals surface area (Å²) >= 11 is 1.22. The van der Waals surface area contributed by atoms with Crippen molar-refractivity contribution in [3.63, 3.8) is 0 Å². The second-order valence-corrected chi connectivity index (χ2v) is 6.59. The molecule has 1 aromatic heterocycles. The van der Waals surface area contributed by atoms with Gasteiger partial charge in [-0.25, -0.2) is 8.78 Å². The lowest BCUT2D eigenvalue weighted by molar-refractivity contribution is 0.429. The highest BCUT2D eigenvalue weighted by Gasteiger charge is 2.16. The van der Waals surface area contributed by atoms with E-state index >= 15 is 0 Å². The molecule has 0 radical (unpaired) electrons. The predicted molar refractivity (Wildman–Crippen MR) is 76.7 cm³/mol. The van der Waals surface area contributed by atoms with Crippen molar-refractivity contribution >= 4 is 11.3 Å². The molecule has 0 fully saturated rings. The summed E-state index contributed by atoms with van der Waals surface area (Å²) in [5, 5.41) is 12.3. The van der Waals surface area contributed by atoms with Crippen LogP contribution in [-0.2, 0) is 6.42 Å². The van der Waals surface area contributed by atoms with Gasteiger partial charge in [0.25, 0.3) is 0 Å². The maximum absolute atomic E-state index is 13.6. The average molecular weight is 297 g/mol. The zero-order valence-corrected chi connectivity index (χ0v) is 12.5. The van der Waals surface area contributed by atoms with Crippen LogP contribution >= 0.6 is 11.3 Å². The summed E-state index contributed by atoms with van der Waals surface area (Å²) in [5.41, 5.74) is -0.0643. The summed E-state index contributed by atoms with van der Waals surface area (Å²) in [5.74, 6) is -1.22. The van der Waals surface area contributed by atoms with Gasteiger partial charge in [0.05, 0.1) is 5.56 Å². The highest BCUT2D eigenvalue weighted by molar-refractivity contribution is 7.14. The van der Waals surface area contributed by atoms with Crippen LogP contribution in [0.2, 0.25) is 0 Å². The minimum absolute atomic E-state index is 0.0329. The Bertz CT molecular complexity index is 570. The first-order valence-corrected chi connectivity index (χ1v) is 7.20. The summed E-state index contributed by atoms with van der Waals surface area (Å²) in [4.78, 5) is 0. The monoisotopic (exact) mass is 297 g/mol. The first kappa shape index (κ1) is 15.0. The molecule has 3 nitrogen and oxygen atoms in total. The topological polar surface area (TPSA) is 37.8 Å². The Labute approximate surface area is 121 Å². The standard InChI is InChI=1S/C14H17F2N3S/c1-14(2,3)17-8-7-11-18-19-13(20-11)12-9(15)5-4-6-10(12)16/h4-6,17H,7-8H2,1-3H3. The van der Waals surface area contributed by atoms with Crippen molar-refractivity contribution in [3.8, 4) is 10.6 Å². The van der Waals surface area contributed by atoms with Crippen LogP contribution in [0.5, 0.6) is 0 Å². The molecule has 1 heterocycles. The van der Waals surface area contributed by atoms with Crippen molar-refractivity contribution < 1.29 is 8.78 Å².